The van der Waals surface area contributed by atoms with Crippen molar-refractivity contribution in [3.8, 4) is 0 Å². The average Bonchev–Trinajstić information content (AvgIpc) is 1.93. The summed E-state index contributed by atoms with van der Waals surface area (Å²) in [5, 5.41) is 0. The standard InChI is InChI=1S/C5H5N.Bi.2ClH.H/c1-2-4-6-5-3-1;;;;/h1-5H;;2*1H;/q;+2;;;/p-2. The summed E-state index contributed by atoms with van der Waals surface area (Å²) < 4.78 is 0. The van der Waals surface area contributed by atoms with Crippen LogP contribution in [0, 0.1) is 0 Å². The van der Waals surface area contributed by atoms with Gasteiger partial charge in [0, 0.05) is 12.4 Å². The number of nitrogens with zero attached hydrogens (tertiary/aromatic N) is 1. The summed E-state index contributed by atoms with van der Waals surface area (Å²) in [6, 6.07) is 5.72. The van der Waals surface area contributed by atoms with Crippen molar-refractivity contribution in [1.82, 2.24) is 4.98 Å². The number of rotatable bonds is 0. The summed E-state index contributed by atoms with van der Waals surface area (Å²) in [7, 11) is 9.92. The van der Waals surface area contributed by atoms with Gasteiger partial charge in [-0.05, 0) is 12.1 Å². The van der Waals surface area contributed by atoms with Crippen molar-refractivity contribution < 1.29 is 0 Å². The molecule has 0 atom stereocenters. The molecule has 1 heterocycles. The number of pyridine rings is 1. The number of hydrogen-bond donors (Lipinski definition) is 0. The molecule has 1 nitrogen and oxygen atoms in total. The number of halogens is 2. The monoisotopic (exact) mass is 359 g/mol. The Morgan fingerprint density at radius 2 is 1.44 bits per heavy atom. The van der Waals surface area contributed by atoms with Crippen molar-refractivity contribution in [3.63, 3.8) is 0 Å². The van der Waals surface area contributed by atoms with Gasteiger partial charge in [0.2, 0.25) is 0 Å². The van der Waals surface area contributed by atoms with Crippen molar-refractivity contribution >= 4 is 37.9 Å². The minimum Gasteiger partial charge on any atom is -0.265 e. The fourth-order valence-electron chi connectivity index (χ4n) is 0.313. The fraction of sp³-hybridized carbons (Fsp3) is 0. The predicted molar refractivity (Wildman–Crippen MR) is 43.1 cm³/mol. The Morgan fingerprint density at radius 3 is 1.56 bits per heavy atom. The van der Waals surface area contributed by atoms with E-state index < -0.39 is 20.8 Å². The SMILES string of the molecule is [Cl][BiH][Cl].c1ccncc1. The molecular weight excluding hydrogens is 354 g/mol. The second-order valence-electron chi connectivity index (χ2n) is 1.10. The van der Waals surface area contributed by atoms with Gasteiger partial charge < -0.3 is 0 Å². The molecule has 0 unspecified atom stereocenters. The third-order valence-electron chi connectivity index (χ3n) is 0.566. The Kier molecular flexibility index (Phi) is 9.20. The van der Waals surface area contributed by atoms with E-state index in [2.05, 4.69) is 4.98 Å². The topological polar surface area (TPSA) is 12.9 Å². The van der Waals surface area contributed by atoms with E-state index >= 15 is 0 Å². The first-order chi connectivity index (χ1) is 4.41. The summed E-state index contributed by atoms with van der Waals surface area (Å²) >= 11 is -0.972. The first kappa shape index (κ1) is 9.61. The van der Waals surface area contributed by atoms with Crippen LogP contribution in [-0.4, -0.2) is 25.8 Å². The molecule has 0 saturated carbocycles. The average molecular weight is 360 g/mol. The molecule has 9 heavy (non-hydrogen) atoms. The van der Waals surface area contributed by atoms with Crippen LogP contribution < -0.4 is 0 Å². The zero-order valence-corrected chi connectivity index (χ0v) is 9.99. The molecule has 0 N–H and O–H groups in total. The van der Waals surface area contributed by atoms with Crippen LogP contribution in [0.15, 0.2) is 30.6 Å². The molecule has 1 aromatic rings. The second-order valence-corrected chi connectivity index (χ2v) is 6.67. The van der Waals surface area contributed by atoms with Crippen LogP contribution in [0.4, 0.5) is 0 Å². The van der Waals surface area contributed by atoms with Crippen LogP contribution in [0.5, 0.6) is 0 Å². The maximum Gasteiger partial charge on any atom is 0.0267 e. The van der Waals surface area contributed by atoms with Crippen molar-refractivity contribution in [3.05, 3.63) is 30.6 Å². The van der Waals surface area contributed by atoms with Gasteiger partial charge in [0.15, 0.2) is 0 Å². The smallest absolute Gasteiger partial charge is 0.0267 e. The minimum absolute atomic E-state index is 0.972. The van der Waals surface area contributed by atoms with Gasteiger partial charge in [0.05, 0.1) is 0 Å². The molecule has 0 bridgehead atoms. The first-order valence-corrected chi connectivity index (χ1v) is 11.8. The Balaban J connectivity index is 0.000000187. The van der Waals surface area contributed by atoms with E-state index in [1.807, 2.05) is 18.2 Å². The minimum atomic E-state index is -0.972. The van der Waals surface area contributed by atoms with Gasteiger partial charge >= 0.3 is 37.9 Å². The maximum absolute atomic E-state index is 4.96. The quantitative estimate of drug-likeness (QED) is 0.644. The summed E-state index contributed by atoms with van der Waals surface area (Å²) in [4.78, 5) is 3.78. The van der Waals surface area contributed by atoms with Gasteiger partial charge in [-0.25, -0.2) is 0 Å². The molecule has 0 aliphatic carbocycles. The van der Waals surface area contributed by atoms with E-state index in [0.717, 1.165) is 0 Å². The molecule has 0 saturated heterocycles. The molecule has 0 spiro atoms. The van der Waals surface area contributed by atoms with E-state index in [1.165, 1.54) is 0 Å². The molecular formula is C5H6BiCl2N. The van der Waals surface area contributed by atoms with E-state index in [9.17, 15) is 0 Å². The van der Waals surface area contributed by atoms with E-state index in [-0.39, 0.29) is 0 Å². The largest absolute Gasteiger partial charge is 0.265 e. The van der Waals surface area contributed by atoms with E-state index in [0.29, 0.717) is 0 Å². The van der Waals surface area contributed by atoms with Gasteiger partial charge in [0.1, 0.15) is 0 Å². The van der Waals surface area contributed by atoms with E-state index in [1.54, 1.807) is 12.4 Å². The van der Waals surface area contributed by atoms with Gasteiger partial charge in [-0.1, -0.05) is 6.07 Å². The molecule has 0 fully saturated rings. The zero-order valence-electron chi connectivity index (χ0n) is 4.59. The van der Waals surface area contributed by atoms with Crippen molar-refractivity contribution in [1.29, 1.82) is 0 Å². The summed E-state index contributed by atoms with van der Waals surface area (Å²) in [5.74, 6) is 0. The molecule has 0 aliphatic rings. The zero-order chi connectivity index (χ0) is 6.95. The third-order valence-corrected chi connectivity index (χ3v) is 0.566. The van der Waals surface area contributed by atoms with E-state index in [4.69, 9.17) is 17.0 Å². The normalized spacial score (nSPS) is 7.33. The van der Waals surface area contributed by atoms with Crippen LogP contribution in [0.2, 0.25) is 0 Å². The van der Waals surface area contributed by atoms with Gasteiger partial charge in [-0.3, -0.25) is 4.98 Å². The van der Waals surface area contributed by atoms with Crippen LogP contribution in [0.1, 0.15) is 0 Å². The molecule has 1 aromatic heterocycles. The number of hydrogen-bond acceptors (Lipinski definition) is 1. The first-order valence-electron chi connectivity index (χ1n) is 2.23. The fourth-order valence-corrected chi connectivity index (χ4v) is 0.313. The molecule has 1 rings (SSSR count). The Morgan fingerprint density at radius 1 is 1.00 bits per heavy atom. The maximum atomic E-state index is 4.96. The predicted octanol–water partition coefficient (Wildman–Crippen LogP) is 1.81. The molecule has 50 valence electrons. The van der Waals surface area contributed by atoms with Gasteiger partial charge in [-0.15, -0.1) is 0 Å². The Bertz CT molecular complexity index is 97.8. The van der Waals surface area contributed by atoms with Crippen molar-refractivity contribution in [2.24, 2.45) is 0 Å². The summed E-state index contributed by atoms with van der Waals surface area (Å²) in [6.45, 7) is 0. The summed E-state index contributed by atoms with van der Waals surface area (Å²) in [6.07, 6.45) is 3.50. The number of aromatic nitrogens is 1. The van der Waals surface area contributed by atoms with Gasteiger partial charge in [0.25, 0.3) is 0 Å². The van der Waals surface area contributed by atoms with Crippen LogP contribution >= 0.6 is 17.0 Å². The van der Waals surface area contributed by atoms with Crippen molar-refractivity contribution in [2.45, 2.75) is 0 Å². The Hall–Kier alpha value is 0.613. The molecule has 0 aliphatic heterocycles. The third kappa shape index (κ3) is 8.61. The molecule has 0 amide bonds. The van der Waals surface area contributed by atoms with Gasteiger partial charge in [-0.2, -0.15) is 0 Å². The molecule has 4 heteroatoms. The summed E-state index contributed by atoms with van der Waals surface area (Å²) in [5.41, 5.74) is 0. The van der Waals surface area contributed by atoms with Crippen LogP contribution in [0.3, 0.4) is 0 Å². The second kappa shape index (κ2) is 8.61. The molecule has 0 aromatic carbocycles. The van der Waals surface area contributed by atoms with Crippen molar-refractivity contribution in [2.75, 3.05) is 0 Å². The Labute approximate surface area is 73.1 Å². The molecule has 0 radical (unpaired) electrons. The van der Waals surface area contributed by atoms with Crippen LogP contribution in [-0.2, 0) is 0 Å². The van der Waals surface area contributed by atoms with Crippen LogP contribution in [0.25, 0.3) is 0 Å².